The molecule has 4 rings (SSSR count). The molecule has 1 fully saturated rings. The molecule has 3 amide bonds. The molecule has 1 saturated heterocycles. The molecule has 2 aliphatic rings. The van der Waals surface area contributed by atoms with E-state index in [1.54, 1.807) is 30.3 Å². The van der Waals surface area contributed by atoms with E-state index in [1.807, 2.05) is 0 Å². The standard InChI is InChI=1S/C25H21F3N2O5S/c1-35-16-6-5-15-13-30(22(33)19(15)11-16)14-24(12-21(32)29-23(24)34)10-9-18-8-7-17(36-18)3-2-4-20(31)25(26,27)28/h5-8,11H,2-4,12-14H2,1H3,(H,29,32,34)/t24-/m1/s1. The number of hydrogen-bond donors (Lipinski definition) is 1. The van der Waals surface area contributed by atoms with E-state index in [0.29, 0.717) is 16.2 Å². The Morgan fingerprint density at radius 1 is 1.22 bits per heavy atom. The van der Waals surface area contributed by atoms with Gasteiger partial charge in [0.05, 0.1) is 18.4 Å². The summed E-state index contributed by atoms with van der Waals surface area (Å²) in [5, 5.41) is 2.27. The van der Waals surface area contributed by atoms with Gasteiger partial charge in [-0.2, -0.15) is 13.2 Å². The molecule has 36 heavy (non-hydrogen) atoms. The Morgan fingerprint density at radius 3 is 2.67 bits per heavy atom. The van der Waals surface area contributed by atoms with E-state index in [-0.39, 0.29) is 38.3 Å². The van der Waals surface area contributed by atoms with Crippen molar-refractivity contribution in [2.24, 2.45) is 5.41 Å². The van der Waals surface area contributed by atoms with Crippen molar-refractivity contribution in [1.82, 2.24) is 10.2 Å². The smallest absolute Gasteiger partial charge is 0.449 e. The fourth-order valence-corrected chi connectivity index (χ4v) is 5.06. The van der Waals surface area contributed by atoms with Crippen LogP contribution in [0.4, 0.5) is 13.2 Å². The van der Waals surface area contributed by atoms with Crippen molar-refractivity contribution < 1.29 is 37.1 Å². The first-order chi connectivity index (χ1) is 17.0. The van der Waals surface area contributed by atoms with Gasteiger partial charge in [0.25, 0.3) is 5.91 Å². The first-order valence-electron chi connectivity index (χ1n) is 11.0. The van der Waals surface area contributed by atoms with Crippen molar-refractivity contribution in [1.29, 1.82) is 0 Å². The topological polar surface area (TPSA) is 92.8 Å². The molecule has 0 bridgehead atoms. The molecule has 1 N–H and O–H groups in total. The molecule has 0 unspecified atom stereocenters. The number of benzene rings is 1. The van der Waals surface area contributed by atoms with E-state index in [1.165, 1.54) is 23.3 Å². The maximum atomic E-state index is 13.0. The lowest BCUT2D eigenvalue weighted by Crippen LogP contribution is -2.42. The molecule has 11 heteroatoms. The van der Waals surface area contributed by atoms with Gasteiger partial charge in [0.2, 0.25) is 17.6 Å². The number of aryl methyl sites for hydroxylation is 1. The Kier molecular flexibility index (Phi) is 6.91. The highest BCUT2D eigenvalue weighted by Crippen LogP contribution is 2.34. The zero-order chi connectivity index (χ0) is 26.1. The van der Waals surface area contributed by atoms with Crippen molar-refractivity contribution in [2.45, 2.75) is 38.4 Å². The van der Waals surface area contributed by atoms with E-state index in [4.69, 9.17) is 4.74 Å². The summed E-state index contributed by atoms with van der Waals surface area (Å²) in [6, 6.07) is 8.52. The monoisotopic (exact) mass is 518 g/mol. The van der Waals surface area contributed by atoms with Crippen LogP contribution < -0.4 is 10.1 Å². The second kappa shape index (κ2) is 9.78. The van der Waals surface area contributed by atoms with Gasteiger partial charge in [0.1, 0.15) is 11.2 Å². The van der Waals surface area contributed by atoms with Crippen LogP contribution in [0.1, 0.15) is 44.9 Å². The minimum absolute atomic E-state index is 0.0506. The molecular weight excluding hydrogens is 497 g/mol. The second-order valence-electron chi connectivity index (χ2n) is 8.61. The Balaban J connectivity index is 1.48. The summed E-state index contributed by atoms with van der Waals surface area (Å²) in [6.07, 6.45) is -5.28. The van der Waals surface area contributed by atoms with Gasteiger partial charge in [-0.05, 0) is 42.7 Å². The number of imide groups is 1. The van der Waals surface area contributed by atoms with Crippen LogP contribution in [0.5, 0.6) is 5.75 Å². The molecule has 0 spiro atoms. The average molecular weight is 519 g/mol. The molecular formula is C25H21F3N2O5S. The first kappa shape index (κ1) is 25.4. The van der Waals surface area contributed by atoms with Gasteiger partial charge >= 0.3 is 6.18 Å². The van der Waals surface area contributed by atoms with Gasteiger partial charge < -0.3 is 9.64 Å². The van der Waals surface area contributed by atoms with Gasteiger partial charge in [-0.3, -0.25) is 24.5 Å². The molecule has 1 aromatic heterocycles. The van der Waals surface area contributed by atoms with E-state index in [9.17, 15) is 32.3 Å². The Hall–Kier alpha value is -3.65. The normalized spacial score (nSPS) is 19.1. The highest BCUT2D eigenvalue weighted by Gasteiger charge is 2.48. The van der Waals surface area contributed by atoms with Crippen molar-refractivity contribution in [2.75, 3.05) is 13.7 Å². The minimum atomic E-state index is -4.83. The number of halogens is 3. The molecule has 2 aromatic rings. The molecule has 7 nitrogen and oxygen atoms in total. The minimum Gasteiger partial charge on any atom is -0.497 e. The number of carbonyl (C=O) groups excluding carboxylic acids is 4. The maximum absolute atomic E-state index is 13.0. The summed E-state index contributed by atoms with van der Waals surface area (Å²) >= 11 is 1.24. The van der Waals surface area contributed by atoms with Crippen molar-refractivity contribution >= 4 is 34.8 Å². The number of nitrogens with one attached hydrogen (secondary N) is 1. The highest BCUT2D eigenvalue weighted by molar-refractivity contribution is 7.12. The number of rotatable bonds is 7. The summed E-state index contributed by atoms with van der Waals surface area (Å²) in [5.41, 5.74) is -0.183. The number of nitrogens with zero attached hydrogens (tertiary/aromatic N) is 1. The Bertz CT molecular complexity index is 1310. The zero-order valence-electron chi connectivity index (χ0n) is 19.2. The molecule has 1 atom stereocenters. The van der Waals surface area contributed by atoms with E-state index < -0.39 is 35.6 Å². The third-order valence-corrected chi connectivity index (χ3v) is 7.10. The number of methoxy groups -OCH3 is 1. The molecule has 188 valence electrons. The van der Waals surface area contributed by atoms with Gasteiger partial charge in [-0.25, -0.2) is 0 Å². The summed E-state index contributed by atoms with van der Waals surface area (Å²) in [6.45, 7) is 0.189. The number of carbonyl (C=O) groups is 4. The summed E-state index contributed by atoms with van der Waals surface area (Å²) < 4.78 is 42.2. The largest absolute Gasteiger partial charge is 0.497 e. The lowest BCUT2D eigenvalue weighted by molar-refractivity contribution is -0.171. The molecule has 2 aliphatic heterocycles. The van der Waals surface area contributed by atoms with E-state index in [0.717, 1.165) is 10.4 Å². The molecule has 1 aromatic carbocycles. The highest BCUT2D eigenvalue weighted by atomic mass is 32.1. The maximum Gasteiger partial charge on any atom is 0.449 e. The van der Waals surface area contributed by atoms with Crippen LogP contribution in [-0.4, -0.2) is 48.2 Å². The van der Waals surface area contributed by atoms with Crippen LogP contribution in [0.25, 0.3) is 0 Å². The predicted molar refractivity (Wildman–Crippen MR) is 123 cm³/mol. The van der Waals surface area contributed by atoms with Crippen molar-refractivity contribution in [3.8, 4) is 17.6 Å². The Labute approximate surface area is 208 Å². The summed E-state index contributed by atoms with van der Waals surface area (Å²) in [7, 11) is 1.50. The summed E-state index contributed by atoms with van der Waals surface area (Å²) in [5.74, 6) is 3.23. The molecule has 3 heterocycles. The fraction of sp³-hybridized carbons (Fsp3) is 0.360. The van der Waals surface area contributed by atoms with Gasteiger partial charge in [0.15, 0.2) is 0 Å². The van der Waals surface area contributed by atoms with Crippen LogP contribution in [0, 0.1) is 17.3 Å². The average Bonchev–Trinajstić information content (AvgIpc) is 3.48. The van der Waals surface area contributed by atoms with Crippen LogP contribution in [0.3, 0.4) is 0 Å². The van der Waals surface area contributed by atoms with E-state index in [2.05, 4.69) is 17.2 Å². The third-order valence-electron chi connectivity index (χ3n) is 6.04. The van der Waals surface area contributed by atoms with Gasteiger partial charge in [-0.15, -0.1) is 11.3 Å². The number of Topliss-reactive ketones (excluding diaryl/α,β-unsaturated/α-hetero) is 1. The third kappa shape index (κ3) is 5.28. The number of ketones is 1. The fourth-order valence-electron chi connectivity index (χ4n) is 4.16. The van der Waals surface area contributed by atoms with Crippen molar-refractivity contribution in [3.63, 3.8) is 0 Å². The van der Waals surface area contributed by atoms with Crippen LogP contribution in [-0.2, 0) is 27.3 Å². The number of hydrogen-bond acceptors (Lipinski definition) is 6. The number of amides is 3. The molecule has 0 aliphatic carbocycles. The molecule has 0 radical (unpaired) electrons. The molecule has 0 saturated carbocycles. The number of alkyl halides is 3. The van der Waals surface area contributed by atoms with Crippen LogP contribution in [0.15, 0.2) is 30.3 Å². The lowest BCUT2D eigenvalue weighted by Gasteiger charge is -2.25. The van der Waals surface area contributed by atoms with Crippen molar-refractivity contribution in [3.05, 3.63) is 51.2 Å². The quantitative estimate of drug-likeness (QED) is 0.449. The van der Waals surface area contributed by atoms with Crippen LogP contribution >= 0.6 is 11.3 Å². The first-order valence-corrected chi connectivity index (χ1v) is 11.8. The number of thiophene rings is 1. The second-order valence-corrected chi connectivity index (χ2v) is 9.78. The predicted octanol–water partition coefficient (Wildman–Crippen LogP) is 3.25. The van der Waals surface area contributed by atoms with Gasteiger partial charge in [-0.1, -0.05) is 17.9 Å². The number of ether oxygens (including phenoxy) is 1. The number of fused-ring (bicyclic) bond motifs is 1. The van der Waals surface area contributed by atoms with Crippen LogP contribution in [0.2, 0.25) is 0 Å². The lowest BCUT2D eigenvalue weighted by atomic mass is 9.86. The van der Waals surface area contributed by atoms with Gasteiger partial charge in [0, 0.05) is 30.0 Å². The zero-order valence-corrected chi connectivity index (χ0v) is 20.0. The summed E-state index contributed by atoms with van der Waals surface area (Å²) in [4.78, 5) is 51.6. The van der Waals surface area contributed by atoms with E-state index >= 15 is 0 Å². The SMILES string of the molecule is COc1ccc2c(c1)C(=O)N(C[C@@]1(C#Cc3ccc(CCCC(=O)C(F)(F)F)s3)CC(=O)NC1=O)C2. The Morgan fingerprint density at radius 2 is 2.00 bits per heavy atom.